The predicted molar refractivity (Wildman–Crippen MR) is 107 cm³/mol. The molecule has 0 amide bonds. The van der Waals surface area contributed by atoms with Crippen LogP contribution in [0.2, 0.25) is 0 Å². The molecule has 3 N–H and O–H groups in total. The third-order valence-corrected chi connectivity index (χ3v) is 5.11. The summed E-state index contributed by atoms with van der Waals surface area (Å²) in [5, 5.41) is 22.5. The fourth-order valence-corrected chi connectivity index (χ4v) is 3.63. The monoisotopic (exact) mass is 401 g/mol. The van der Waals surface area contributed by atoms with Crippen molar-refractivity contribution in [3.63, 3.8) is 0 Å². The first-order valence-corrected chi connectivity index (χ1v) is 9.97. The number of aliphatic hydroxyl groups excluding tert-OH is 2. The number of hydrogen-bond donors (Lipinski definition) is 3. The van der Waals surface area contributed by atoms with Gasteiger partial charge in [0.15, 0.2) is 5.82 Å². The van der Waals surface area contributed by atoms with Crippen LogP contribution in [0, 0.1) is 0 Å². The van der Waals surface area contributed by atoms with Crippen molar-refractivity contribution in [3.05, 3.63) is 29.6 Å². The summed E-state index contributed by atoms with van der Waals surface area (Å²) in [6.07, 6.45) is 3.87. The van der Waals surface area contributed by atoms with Crippen LogP contribution >= 0.6 is 0 Å². The quantitative estimate of drug-likeness (QED) is 0.505. The number of aryl methyl sites for hydroxylation is 1. The molecule has 2 aliphatic rings. The molecular formula is C20H27N5O4. The van der Waals surface area contributed by atoms with Gasteiger partial charge in [0.25, 0.3) is 0 Å². The summed E-state index contributed by atoms with van der Waals surface area (Å²) in [4.78, 5) is 15.9. The van der Waals surface area contributed by atoms with Gasteiger partial charge in [-0.15, -0.1) is 0 Å². The summed E-state index contributed by atoms with van der Waals surface area (Å²) in [5.41, 5.74) is 2.80. The molecule has 1 saturated heterocycles. The van der Waals surface area contributed by atoms with Crippen molar-refractivity contribution >= 4 is 5.82 Å². The molecule has 4 rings (SSSR count). The molecule has 156 valence electrons. The van der Waals surface area contributed by atoms with Gasteiger partial charge in [-0.1, -0.05) is 0 Å². The van der Waals surface area contributed by atoms with Crippen molar-refractivity contribution in [1.29, 1.82) is 0 Å². The Labute approximate surface area is 169 Å². The Morgan fingerprint density at radius 3 is 2.97 bits per heavy atom. The Morgan fingerprint density at radius 2 is 2.21 bits per heavy atom. The molecule has 1 fully saturated rings. The molecule has 2 aromatic rings. The number of rotatable bonds is 9. The maximum atomic E-state index is 10.4. The Kier molecular flexibility index (Phi) is 6.19. The predicted octanol–water partition coefficient (Wildman–Crippen LogP) is 0.141. The maximum Gasteiger partial charge on any atom is 0.180 e. The fourth-order valence-electron chi connectivity index (χ4n) is 3.63. The number of aromatic nitrogens is 3. The van der Waals surface area contributed by atoms with E-state index in [1.807, 2.05) is 11.9 Å². The summed E-state index contributed by atoms with van der Waals surface area (Å²) in [5.74, 6) is 1.99. The molecule has 0 aromatic carbocycles. The van der Waals surface area contributed by atoms with E-state index >= 15 is 0 Å². The summed E-state index contributed by atoms with van der Waals surface area (Å²) in [7, 11) is 1.93. The minimum absolute atomic E-state index is 0.0503. The zero-order valence-electron chi connectivity index (χ0n) is 16.5. The molecule has 29 heavy (non-hydrogen) atoms. The van der Waals surface area contributed by atoms with Crippen molar-refractivity contribution in [2.45, 2.75) is 31.5 Å². The highest BCUT2D eigenvalue weighted by Gasteiger charge is 2.25. The molecule has 0 bridgehead atoms. The summed E-state index contributed by atoms with van der Waals surface area (Å²) in [6, 6.07) is 3.73. The van der Waals surface area contributed by atoms with E-state index in [2.05, 4.69) is 10.3 Å². The third kappa shape index (κ3) is 4.64. The van der Waals surface area contributed by atoms with Gasteiger partial charge in [0.1, 0.15) is 30.1 Å². The number of aliphatic hydroxyl groups is 2. The van der Waals surface area contributed by atoms with E-state index in [0.29, 0.717) is 37.0 Å². The van der Waals surface area contributed by atoms with E-state index in [1.54, 1.807) is 18.3 Å². The number of anilines is 1. The number of likely N-dealkylation sites (N-methyl/N-ethyl adjacent to an activating group) is 1. The molecule has 1 atom stereocenters. The minimum Gasteiger partial charge on any atom is -0.491 e. The molecule has 9 heteroatoms. The van der Waals surface area contributed by atoms with Gasteiger partial charge in [0.2, 0.25) is 0 Å². The molecule has 0 radical (unpaired) electrons. The molecule has 1 unspecified atom stereocenters. The lowest BCUT2D eigenvalue weighted by Crippen LogP contribution is -2.53. The fraction of sp³-hybridized carbons (Fsp3) is 0.550. The summed E-state index contributed by atoms with van der Waals surface area (Å²) < 4.78 is 10.6. The highest BCUT2D eigenvalue weighted by atomic mass is 16.5. The lowest BCUT2D eigenvalue weighted by Gasteiger charge is -2.31. The van der Waals surface area contributed by atoms with Gasteiger partial charge in [-0.3, -0.25) is 10.3 Å². The van der Waals surface area contributed by atoms with Crippen LogP contribution in [0.25, 0.3) is 11.5 Å². The number of pyridine rings is 1. The van der Waals surface area contributed by atoms with Gasteiger partial charge in [0, 0.05) is 30.6 Å². The summed E-state index contributed by atoms with van der Waals surface area (Å²) >= 11 is 0. The number of hydrogen-bond acceptors (Lipinski definition) is 9. The van der Waals surface area contributed by atoms with Crippen molar-refractivity contribution in [2.75, 3.05) is 44.9 Å². The lowest BCUT2D eigenvalue weighted by molar-refractivity contribution is -0.0299. The molecule has 0 spiro atoms. The van der Waals surface area contributed by atoms with Crippen LogP contribution in [0.5, 0.6) is 5.75 Å². The Bertz CT molecular complexity index is 846. The molecular weight excluding hydrogens is 374 g/mol. The standard InChI is InChI=1S/C20H27N5O4/c1-25(10-18(27)22-13-11-28-12-13)20-15-3-2-4-16(15)23-19(24-20)17-9-14(5-6-21-17)29-8-7-26/h5-6,9,13,18,22,26-27H,2-4,7-8,10-12H2,1H3. The zero-order chi connectivity index (χ0) is 20.2. The normalized spacial score (nSPS) is 16.9. The van der Waals surface area contributed by atoms with Crippen LogP contribution in [0.3, 0.4) is 0 Å². The number of fused-ring (bicyclic) bond motifs is 1. The van der Waals surface area contributed by atoms with Crippen molar-refractivity contribution in [1.82, 2.24) is 20.3 Å². The van der Waals surface area contributed by atoms with E-state index in [4.69, 9.17) is 24.5 Å². The third-order valence-electron chi connectivity index (χ3n) is 5.11. The van der Waals surface area contributed by atoms with E-state index in [-0.39, 0.29) is 19.3 Å². The van der Waals surface area contributed by atoms with Gasteiger partial charge in [-0.2, -0.15) is 0 Å². The van der Waals surface area contributed by atoms with E-state index < -0.39 is 6.23 Å². The molecule has 3 heterocycles. The van der Waals surface area contributed by atoms with Crippen molar-refractivity contribution in [2.24, 2.45) is 0 Å². The second kappa shape index (κ2) is 9.00. The van der Waals surface area contributed by atoms with Crippen LogP contribution in [0.15, 0.2) is 18.3 Å². The first-order valence-electron chi connectivity index (χ1n) is 9.97. The zero-order valence-corrected chi connectivity index (χ0v) is 16.5. The van der Waals surface area contributed by atoms with Crippen LogP contribution in [0.1, 0.15) is 17.7 Å². The molecule has 2 aromatic heterocycles. The van der Waals surface area contributed by atoms with Gasteiger partial charge in [-0.05, 0) is 25.3 Å². The van der Waals surface area contributed by atoms with Crippen LogP contribution in [0.4, 0.5) is 5.82 Å². The van der Waals surface area contributed by atoms with Crippen LogP contribution in [-0.2, 0) is 17.6 Å². The molecule has 1 aliphatic carbocycles. The number of ether oxygens (including phenoxy) is 2. The minimum atomic E-state index is -0.669. The Balaban J connectivity index is 1.57. The van der Waals surface area contributed by atoms with Crippen molar-refractivity contribution < 1.29 is 19.7 Å². The second-order valence-corrected chi connectivity index (χ2v) is 7.40. The van der Waals surface area contributed by atoms with Gasteiger partial charge < -0.3 is 24.6 Å². The smallest absolute Gasteiger partial charge is 0.180 e. The highest BCUT2D eigenvalue weighted by Crippen LogP contribution is 2.31. The average Bonchev–Trinajstić information content (AvgIpc) is 3.17. The first-order chi connectivity index (χ1) is 14.1. The molecule has 9 nitrogen and oxygen atoms in total. The van der Waals surface area contributed by atoms with E-state index in [0.717, 1.165) is 36.3 Å². The molecule has 0 saturated carbocycles. The topological polar surface area (TPSA) is 113 Å². The van der Waals surface area contributed by atoms with E-state index in [9.17, 15) is 5.11 Å². The maximum absolute atomic E-state index is 10.4. The van der Waals surface area contributed by atoms with Gasteiger partial charge in [-0.25, -0.2) is 9.97 Å². The van der Waals surface area contributed by atoms with Crippen LogP contribution < -0.4 is 15.0 Å². The van der Waals surface area contributed by atoms with Gasteiger partial charge >= 0.3 is 0 Å². The van der Waals surface area contributed by atoms with Crippen LogP contribution in [-0.4, -0.2) is 77.5 Å². The first kappa shape index (κ1) is 20.0. The number of nitrogens with zero attached hydrogens (tertiary/aromatic N) is 4. The number of nitrogens with one attached hydrogen (secondary N) is 1. The SMILES string of the molecule is CN(CC(O)NC1COC1)c1nc(-c2cc(OCCO)ccn2)nc2c1CCC2. The Morgan fingerprint density at radius 1 is 1.34 bits per heavy atom. The molecule has 1 aliphatic heterocycles. The van der Waals surface area contributed by atoms with E-state index in [1.165, 1.54) is 0 Å². The highest BCUT2D eigenvalue weighted by molar-refractivity contribution is 5.59. The van der Waals surface area contributed by atoms with Crippen molar-refractivity contribution in [3.8, 4) is 17.3 Å². The average molecular weight is 401 g/mol. The largest absolute Gasteiger partial charge is 0.491 e. The lowest BCUT2D eigenvalue weighted by atomic mass is 10.2. The summed E-state index contributed by atoms with van der Waals surface area (Å²) in [6.45, 7) is 1.85. The van der Waals surface area contributed by atoms with Gasteiger partial charge in [0.05, 0.1) is 32.4 Å². The Hall–Kier alpha value is -2.33. The second-order valence-electron chi connectivity index (χ2n) is 7.40.